The molecule has 2 heterocycles. The zero-order valence-corrected chi connectivity index (χ0v) is 14.4. The molecule has 2 aromatic heterocycles. The molecule has 0 fully saturated rings. The Labute approximate surface area is 158 Å². The third-order valence-electron chi connectivity index (χ3n) is 4.26. The van der Waals surface area contributed by atoms with Crippen molar-refractivity contribution < 1.29 is 14.3 Å². The number of aromatic nitrogens is 3. The van der Waals surface area contributed by atoms with Gasteiger partial charge >= 0.3 is 5.97 Å². The molecule has 0 radical (unpaired) electrons. The fourth-order valence-electron chi connectivity index (χ4n) is 2.95. The van der Waals surface area contributed by atoms with Crippen LogP contribution in [0.4, 0.5) is 4.39 Å². The molecule has 6 nitrogen and oxygen atoms in total. The van der Waals surface area contributed by atoms with Crippen molar-refractivity contribution in [2.75, 3.05) is 0 Å². The Morgan fingerprint density at radius 1 is 1.21 bits per heavy atom. The van der Waals surface area contributed by atoms with Crippen LogP contribution in [-0.2, 0) is 0 Å². The number of carboxylic acid groups (broad SMARTS) is 1. The summed E-state index contributed by atoms with van der Waals surface area (Å²) in [6.07, 6.45) is 3.41. The van der Waals surface area contributed by atoms with Crippen LogP contribution in [0, 0.1) is 17.1 Å². The SMILES string of the molecule is N#C/C(=C/c1cccn1-c1cccc(C(=O)O)c1)c1nc2ccc(F)cc2[nH]1. The summed E-state index contributed by atoms with van der Waals surface area (Å²) in [7, 11) is 0. The summed E-state index contributed by atoms with van der Waals surface area (Å²) in [6, 6.07) is 16.4. The fourth-order valence-corrected chi connectivity index (χ4v) is 2.95. The van der Waals surface area contributed by atoms with Crippen molar-refractivity contribution >= 4 is 28.7 Å². The Morgan fingerprint density at radius 2 is 2.07 bits per heavy atom. The van der Waals surface area contributed by atoms with Crippen LogP contribution in [0.15, 0.2) is 60.8 Å². The molecule has 0 amide bonds. The summed E-state index contributed by atoms with van der Waals surface area (Å²) in [4.78, 5) is 18.5. The van der Waals surface area contributed by atoms with Crippen LogP contribution in [0.25, 0.3) is 28.4 Å². The molecule has 0 bridgehead atoms. The van der Waals surface area contributed by atoms with Crippen molar-refractivity contribution in [3.63, 3.8) is 0 Å². The lowest BCUT2D eigenvalue weighted by Crippen LogP contribution is -2.00. The van der Waals surface area contributed by atoms with Gasteiger partial charge in [-0.05, 0) is 54.6 Å². The molecule has 28 heavy (non-hydrogen) atoms. The lowest BCUT2D eigenvalue weighted by Gasteiger charge is -2.08. The van der Waals surface area contributed by atoms with Crippen LogP contribution in [0.2, 0.25) is 0 Å². The first-order valence-electron chi connectivity index (χ1n) is 8.34. The van der Waals surface area contributed by atoms with Crippen LogP contribution in [0.1, 0.15) is 21.9 Å². The quantitative estimate of drug-likeness (QED) is 0.524. The monoisotopic (exact) mass is 372 g/mol. The van der Waals surface area contributed by atoms with Crippen molar-refractivity contribution in [3.8, 4) is 11.8 Å². The number of aromatic carboxylic acids is 1. The van der Waals surface area contributed by atoms with E-state index in [9.17, 15) is 19.6 Å². The highest BCUT2D eigenvalue weighted by atomic mass is 19.1. The molecule has 0 saturated heterocycles. The highest BCUT2D eigenvalue weighted by Crippen LogP contribution is 2.22. The first-order chi connectivity index (χ1) is 13.5. The zero-order chi connectivity index (χ0) is 19.7. The van der Waals surface area contributed by atoms with E-state index in [2.05, 4.69) is 16.0 Å². The van der Waals surface area contributed by atoms with Gasteiger partial charge < -0.3 is 14.7 Å². The van der Waals surface area contributed by atoms with Gasteiger partial charge in [0.05, 0.1) is 22.2 Å². The second-order valence-corrected chi connectivity index (χ2v) is 6.08. The Balaban J connectivity index is 1.78. The van der Waals surface area contributed by atoms with Gasteiger partial charge in [-0.25, -0.2) is 14.2 Å². The predicted molar refractivity (Wildman–Crippen MR) is 102 cm³/mol. The zero-order valence-electron chi connectivity index (χ0n) is 14.4. The minimum absolute atomic E-state index is 0.168. The van der Waals surface area contributed by atoms with Crippen molar-refractivity contribution in [1.82, 2.24) is 14.5 Å². The minimum Gasteiger partial charge on any atom is -0.478 e. The minimum atomic E-state index is -1.02. The van der Waals surface area contributed by atoms with E-state index < -0.39 is 11.8 Å². The number of rotatable bonds is 4. The number of nitriles is 1. The Hall–Kier alpha value is -4.18. The van der Waals surface area contributed by atoms with Crippen LogP contribution in [0.5, 0.6) is 0 Å². The van der Waals surface area contributed by atoms with Gasteiger partial charge in [0, 0.05) is 17.6 Å². The summed E-state index contributed by atoms with van der Waals surface area (Å²) >= 11 is 0. The number of aromatic amines is 1. The highest BCUT2D eigenvalue weighted by molar-refractivity contribution is 5.90. The van der Waals surface area contributed by atoms with E-state index in [4.69, 9.17) is 0 Å². The lowest BCUT2D eigenvalue weighted by atomic mass is 10.2. The summed E-state index contributed by atoms with van der Waals surface area (Å²) < 4.78 is 15.2. The summed E-state index contributed by atoms with van der Waals surface area (Å²) in [5.41, 5.74) is 2.82. The van der Waals surface area contributed by atoms with Crippen molar-refractivity contribution in [1.29, 1.82) is 5.26 Å². The van der Waals surface area contributed by atoms with Crippen molar-refractivity contribution in [3.05, 3.63) is 83.7 Å². The Morgan fingerprint density at radius 3 is 2.86 bits per heavy atom. The van der Waals surface area contributed by atoms with Crippen LogP contribution < -0.4 is 0 Å². The van der Waals surface area contributed by atoms with Gasteiger partial charge in [0.2, 0.25) is 0 Å². The molecule has 0 unspecified atom stereocenters. The van der Waals surface area contributed by atoms with Gasteiger partial charge in [-0.3, -0.25) is 0 Å². The summed E-state index contributed by atoms with van der Waals surface area (Å²) in [6.45, 7) is 0. The van der Waals surface area contributed by atoms with Crippen molar-refractivity contribution in [2.24, 2.45) is 0 Å². The molecule has 2 N–H and O–H groups in total. The number of imidazole rings is 1. The van der Waals surface area contributed by atoms with Gasteiger partial charge in [-0.15, -0.1) is 0 Å². The summed E-state index contributed by atoms with van der Waals surface area (Å²) in [5.74, 6) is -1.08. The van der Waals surface area contributed by atoms with Crippen LogP contribution >= 0.6 is 0 Å². The Bertz CT molecular complexity index is 1280. The second kappa shape index (κ2) is 6.85. The summed E-state index contributed by atoms with van der Waals surface area (Å²) in [5, 5.41) is 18.8. The van der Waals surface area contributed by atoms with E-state index in [1.165, 1.54) is 18.2 Å². The van der Waals surface area contributed by atoms with Crippen molar-refractivity contribution in [2.45, 2.75) is 0 Å². The Kier molecular flexibility index (Phi) is 4.22. The van der Waals surface area contributed by atoms with Crippen LogP contribution in [-0.4, -0.2) is 25.6 Å². The number of nitrogens with one attached hydrogen (secondary N) is 1. The van der Waals surface area contributed by atoms with E-state index in [-0.39, 0.29) is 11.1 Å². The third-order valence-corrected chi connectivity index (χ3v) is 4.26. The number of allylic oxidation sites excluding steroid dienone is 1. The highest BCUT2D eigenvalue weighted by Gasteiger charge is 2.11. The van der Waals surface area contributed by atoms with E-state index in [0.717, 1.165) is 0 Å². The molecule has 4 rings (SSSR count). The number of fused-ring (bicyclic) bond motifs is 1. The number of nitrogens with zero attached hydrogens (tertiary/aromatic N) is 3. The standard InChI is InChI=1S/C21H13FN4O2/c22-15-6-7-18-19(11-15)25-20(24-18)14(12-23)10-17-5-2-8-26(17)16-4-1-3-13(9-16)21(27)28/h1-11H,(H,24,25)(H,27,28)/b14-10-. The van der Waals surface area contributed by atoms with E-state index in [1.54, 1.807) is 53.2 Å². The predicted octanol–water partition coefficient (Wildman–Crippen LogP) is 4.26. The van der Waals surface area contributed by atoms with Gasteiger partial charge in [0.1, 0.15) is 17.7 Å². The molecule has 0 spiro atoms. The topological polar surface area (TPSA) is 94.7 Å². The molecule has 136 valence electrons. The molecule has 0 aliphatic rings. The molecule has 0 aliphatic carbocycles. The van der Waals surface area contributed by atoms with Gasteiger partial charge in [-0.2, -0.15) is 5.26 Å². The molecule has 0 aliphatic heterocycles. The maximum absolute atomic E-state index is 13.4. The molecule has 4 aromatic rings. The average molecular weight is 372 g/mol. The molecular formula is C21H13FN4O2. The largest absolute Gasteiger partial charge is 0.478 e. The number of carboxylic acids is 1. The van der Waals surface area contributed by atoms with E-state index in [1.807, 2.05) is 0 Å². The fraction of sp³-hybridized carbons (Fsp3) is 0. The van der Waals surface area contributed by atoms with Gasteiger partial charge in [-0.1, -0.05) is 6.07 Å². The second-order valence-electron chi connectivity index (χ2n) is 6.08. The smallest absolute Gasteiger partial charge is 0.335 e. The first-order valence-corrected chi connectivity index (χ1v) is 8.34. The molecular weight excluding hydrogens is 359 g/mol. The number of H-pyrrole nitrogens is 1. The molecule has 2 aromatic carbocycles. The van der Waals surface area contributed by atoms with E-state index >= 15 is 0 Å². The third kappa shape index (κ3) is 3.15. The number of benzene rings is 2. The maximum atomic E-state index is 13.4. The number of carbonyl (C=O) groups is 1. The number of hydrogen-bond donors (Lipinski definition) is 2. The van der Waals surface area contributed by atoms with Gasteiger partial charge in [0.25, 0.3) is 0 Å². The number of halogens is 1. The molecule has 0 atom stereocenters. The first kappa shape index (κ1) is 17.2. The number of hydrogen-bond acceptors (Lipinski definition) is 3. The van der Waals surface area contributed by atoms with Crippen LogP contribution in [0.3, 0.4) is 0 Å². The normalized spacial score (nSPS) is 11.5. The maximum Gasteiger partial charge on any atom is 0.335 e. The molecule has 7 heteroatoms. The average Bonchev–Trinajstić information content (AvgIpc) is 3.32. The molecule has 0 saturated carbocycles. The van der Waals surface area contributed by atoms with Gasteiger partial charge in [0.15, 0.2) is 0 Å². The van der Waals surface area contributed by atoms with E-state index in [0.29, 0.717) is 28.2 Å². The lowest BCUT2D eigenvalue weighted by molar-refractivity contribution is 0.0697.